The van der Waals surface area contributed by atoms with Gasteiger partial charge in [-0.2, -0.15) is 4.39 Å². The number of halogens is 1. The largest absolute Gasteiger partial charge is 0.481 e. The SMILES string of the molecule is O=C(O)C1CCC(OC(F)(C(=O)Cc2ccc3nc(-c4nccc5ccccc45)oc3c2)N2CCCC2)CC1. The molecule has 202 valence electrons. The first-order valence-corrected chi connectivity index (χ1v) is 13.5. The number of nitrogens with zero attached hydrogens (tertiary/aromatic N) is 3. The average molecular weight is 532 g/mol. The number of carbonyl (C=O) groups excluding carboxylic acids is 1. The van der Waals surface area contributed by atoms with Gasteiger partial charge in [0.25, 0.3) is 0 Å². The summed E-state index contributed by atoms with van der Waals surface area (Å²) in [5.74, 6) is -4.12. The maximum Gasteiger partial charge on any atom is 0.330 e. The summed E-state index contributed by atoms with van der Waals surface area (Å²) in [7, 11) is 0. The van der Waals surface area contributed by atoms with Gasteiger partial charge in [0.05, 0.1) is 12.0 Å². The fourth-order valence-electron chi connectivity index (χ4n) is 5.73. The van der Waals surface area contributed by atoms with E-state index in [1.54, 1.807) is 24.4 Å². The zero-order chi connectivity index (χ0) is 27.0. The van der Waals surface area contributed by atoms with Crippen molar-refractivity contribution in [2.45, 2.75) is 57.0 Å². The Morgan fingerprint density at radius 1 is 1.08 bits per heavy atom. The number of likely N-dealkylation sites (tertiary alicyclic amines) is 1. The molecule has 0 amide bonds. The minimum atomic E-state index is -2.55. The molecule has 2 aliphatic rings. The molecular weight excluding hydrogens is 501 g/mol. The highest BCUT2D eigenvalue weighted by Crippen LogP contribution is 2.35. The monoisotopic (exact) mass is 531 g/mol. The second-order valence-electron chi connectivity index (χ2n) is 10.5. The van der Waals surface area contributed by atoms with E-state index in [1.165, 1.54) is 4.90 Å². The molecule has 1 atom stereocenters. The van der Waals surface area contributed by atoms with Crippen LogP contribution in [0.5, 0.6) is 0 Å². The Balaban J connectivity index is 1.23. The standard InChI is InChI=1S/C30H30FN3O5/c31-30(34-15-3-4-16-34,39-22-10-8-21(9-11-22)29(36)37)26(35)18-19-7-12-24-25(17-19)38-28(33-24)27-23-6-2-1-5-20(23)13-14-32-27/h1-2,5-7,12-14,17,21-22H,3-4,8-11,15-16,18H2,(H,36,37). The summed E-state index contributed by atoms with van der Waals surface area (Å²) < 4.78 is 28.4. The maximum absolute atomic E-state index is 16.5. The number of alkyl halides is 1. The number of pyridine rings is 1. The van der Waals surface area contributed by atoms with Crippen LogP contribution in [0, 0.1) is 5.92 Å². The van der Waals surface area contributed by atoms with Crippen LogP contribution in [-0.4, -0.2) is 56.9 Å². The number of hydrogen-bond acceptors (Lipinski definition) is 7. The van der Waals surface area contributed by atoms with Gasteiger partial charge in [-0.3, -0.25) is 14.6 Å². The number of benzene rings is 2. The Kier molecular flexibility index (Phi) is 6.86. The van der Waals surface area contributed by atoms with Crippen molar-refractivity contribution in [3.63, 3.8) is 0 Å². The molecule has 1 unspecified atom stereocenters. The van der Waals surface area contributed by atoms with E-state index < -0.39 is 29.8 Å². The van der Waals surface area contributed by atoms with Crippen LogP contribution in [0.25, 0.3) is 33.5 Å². The van der Waals surface area contributed by atoms with E-state index in [2.05, 4.69) is 9.97 Å². The first-order valence-electron chi connectivity index (χ1n) is 13.5. The van der Waals surface area contributed by atoms with Gasteiger partial charge in [0.1, 0.15) is 11.2 Å². The molecule has 4 aromatic rings. The lowest BCUT2D eigenvalue weighted by molar-refractivity contribution is -0.252. The third-order valence-corrected chi connectivity index (χ3v) is 7.90. The minimum Gasteiger partial charge on any atom is -0.481 e. The van der Waals surface area contributed by atoms with Gasteiger partial charge in [-0.1, -0.05) is 30.3 Å². The molecule has 9 heteroatoms. The zero-order valence-electron chi connectivity index (χ0n) is 21.5. The van der Waals surface area contributed by atoms with E-state index in [4.69, 9.17) is 9.15 Å². The lowest BCUT2D eigenvalue weighted by atomic mass is 9.87. The van der Waals surface area contributed by atoms with Crippen molar-refractivity contribution in [2.75, 3.05) is 13.1 Å². The van der Waals surface area contributed by atoms with Gasteiger partial charge in [0.2, 0.25) is 11.7 Å². The number of Topliss-reactive ketones (excluding diaryl/α,β-unsaturated/α-hetero) is 1. The first kappa shape index (κ1) is 25.6. The van der Waals surface area contributed by atoms with Crippen molar-refractivity contribution < 1.29 is 28.2 Å². The molecule has 1 aliphatic carbocycles. The number of rotatable bonds is 8. The van der Waals surface area contributed by atoms with Gasteiger partial charge in [-0.25, -0.2) is 9.88 Å². The van der Waals surface area contributed by atoms with Crippen molar-refractivity contribution in [2.24, 2.45) is 5.92 Å². The quantitative estimate of drug-likeness (QED) is 0.296. The van der Waals surface area contributed by atoms with Gasteiger partial charge in [0.15, 0.2) is 5.58 Å². The molecule has 0 radical (unpaired) electrons. The van der Waals surface area contributed by atoms with Crippen LogP contribution in [0.15, 0.2) is 59.1 Å². The molecule has 1 saturated carbocycles. The number of carboxylic acids is 1. The molecule has 1 aliphatic heterocycles. The van der Waals surface area contributed by atoms with Crippen LogP contribution in [0.3, 0.4) is 0 Å². The second-order valence-corrected chi connectivity index (χ2v) is 10.5. The first-order chi connectivity index (χ1) is 18.9. The Hall–Kier alpha value is -3.69. The lowest BCUT2D eigenvalue weighted by Crippen LogP contribution is -2.54. The number of fused-ring (bicyclic) bond motifs is 2. The lowest BCUT2D eigenvalue weighted by Gasteiger charge is -2.37. The Morgan fingerprint density at radius 3 is 2.62 bits per heavy atom. The summed E-state index contributed by atoms with van der Waals surface area (Å²) >= 11 is 0. The van der Waals surface area contributed by atoms with Crippen molar-refractivity contribution in [3.8, 4) is 11.6 Å². The van der Waals surface area contributed by atoms with Crippen LogP contribution in [0.1, 0.15) is 44.1 Å². The third kappa shape index (κ3) is 5.04. The van der Waals surface area contributed by atoms with Gasteiger partial charge >= 0.3 is 11.9 Å². The second kappa shape index (κ2) is 10.5. The third-order valence-electron chi connectivity index (χ3n) is 7.90. The average Bonchev–Trinajstić information content (AvgIpc) is 3.64. The highest BCUT2D eigenvalue weighted by atomic mass is 19.2. The predicted octanol–water partition coefficient (Wildman–Crippen LogP) is 5.53. The van der Waals surface area contributed by atoms with E-state index in [1.807, 2.05) is 30.3 Å². The van der Waals surface area contributed by atoms with Crippen LogP contribution >= 0.6 is 0 Å². The molecule has 8 nitrogen and oxygen atoms in total. The van der Waals surface area contributed by atoms with E-state index in [-0.39, 0.29) is 6.42 Å². The summed E-state index contributed by atoms with van der Waals surface area (Å²) in [6, 6.07) is 15.0. The summed E-state index contributed by atoms with van der Waals surface area (Å²) in [5.41, 5.74) is 2.34. The van der Waals surface area contributed by atoms with Gasteiger partial charge in [-0.05, 0) is 67.7 Å². The Morgan fingerprint density at radius 2 is 1.85 bits per heavy atom. The van der Waals surface area contributed by atoms with Crippen molar-refractivity contribution >= 4 is 33.6 Å². The van der Waals surface area contributed by atoms with E-state index in [0.717, 1.165) is 23.6 Å². The fourth-order valence-corrected chi connectivity index (χ4v) is 5.73. The number of carboxylic acid groups (broad SMARTS) is 1. The summed E-state index contributed by atoms with van der Waals surface area (Å²) in [4.78, 5) is 35.3. The molecule has 2 aromatic carbocycles. The Labute approximate surface area is 224 Å². The van der Waals surface area contributed by atoms with Crippen LogP contribution in [-0.2, 0) is 20.7 Å². The minimum absolute atomic E-state index is 0.171. The van der Waals surface area contributed by atoms with Crippen LogP contribution < -0.4 is 0 Å². The molecular formula is C30H30FN3O5. The highest BCUT2D eigenvalue weighted by Gasteiger charge is 2.48. The molecule has 1 saturated heterocycles. The molecule has 39 heavy (non-hydrogen) atoms. The fraction of sp³-hybridized carbons (Fsp3) is 0.400. The molecule has 6 rings (SSSR count). The molecule has 0 bridgehead atoms. The van der Waals surface area contributed by atoms with Crippen LogP contribution in [0.2, 0.25) is 0 Å². The van der Waals surface area contributed by atoms with Gasteiger partial charge < -0.3 is 14.3 Å². The van der Waals surface area contributed by atoms with Crippen molar-refractivity contribution in [1.82, 2.24) is 14.9 Å². The number of ketones is 1. The number of hydrogen-bond donors (Lipinski definition) is 1. The van der Waals surface area contributed by atoms with Crippen LogP contribution in [0.4, 0.5) is 4.39 Å². The van der Waals surface area contributed by atoms with Crippen molar-refractivity contribution in [1.29, 1.82) is 0 Å². The number of ether oxygens (including phenoxy) is 1. The summed E-state index contributed by atoms with van der Waals surface area (Å²) in [6.45, 7) is 0.879. The topological polar surface area (TPSA) is 106 Å². The summed E-state index contributed by atoms with van der Waals surface area (Å²) in [5, 5.41) is 11.2. The normalized spacial score (nSPS) is 21.8. The predicted molar refractivity (Wildman–Crippen MR) is 143 cm³/mol. The molecule has 3 heterocycles. The molecule has 1 N–H and O–H groups in total. The number of oxazole rings is 1. The highest BCUT2D eigenvalue weighted by molar-refractivity contribution is 5.94. The van der Waals surface area contributed by atoms with E-state index in [9.17, 15) is 14.7 Å². The Bertz CT molecular complexity index is 1520. The van der Waals surface area contributed by atoms with E-state index in [0.29, 0.717) is 67.0 Å². The molecule has 2 fully saturated rings. The number of carbonyl (C=O) groups is 2. The molecule has 0 spiro atoms. The maximum atomic E-state index is 16.5. The van der Waals surface area contributed by atoms with Gasteiger partial charge in [-0.15, -0.1) is 0 Å². The van der Waals surface area contributed by atoms with E-state index >= 15 is 4.39 Å². The van der Waals surface area contributed by atoms with Gasteiger partial charge in [0, 0.05) is 31.1 Å². The van der Waals surface area contributed by atoms with Crippen molar-refractivity contribution in [3.05, 3.63) is 60.3 Å². The number of aliphatic carboxylic acids is 1. The zero-order valence-corrected chi connectivity index (χ0v) is 21.5. The molecule has 2 aromatic heterocycles. The number of aromatic nitrogens is 2. The summed E-state index contributed by atoms with van der Waals surface area (Å²) in [6.07, 6.45) is 4.30. The smallest absolute Gasteiger partial charge is 0.330 e.